The Morgan fingerprint density at radius 2 is 1.56 bits per heavy atom. The van der Waals surface area contributed by atoms with E-state index in [1.807, 2.05) is 0 Å². The molecule has 0 radical (unpaired) electrons. The molecule has 2 aromatic carbocycles. The van der Waals surface area contributed by atoms with Gasteiger partial charge in [0.25, 0.3) is 5.69 Å². The molecular formula is C15H13F3N2O4S. The van der Waals surface area contributed by atoms with E-state index in [-0.39, 0.29) is 10.6 Å². The van der Waals surface area contributed by atoms with Gasteiger partial charge in [0.2, 0.25) is 10.0 Å². The minimum Gasteiger partial charge on any atom is -0.258 e. The molecule has 1 atom stereocenters. The minimum atomic E-state index is -4.47. The van der Waals surface area contributed by atoms with Gasteiger partial charge in [-0.25, -0.2) is 13.1 Å². The molecule has 0 saturated carbocycles. The van der Waals surface area contributed by atoms with Gasteiger partial charge in [0.1, 0.15) is 0 Å². The summed E-state index contributed by atoms with van der Waals surface area (Å²) in [7, 11) is -3.98. The van der Waals surface area contributed by atoms with E-state index in [9.17, 15) is 31.7 Å². The van der Waals surface area contributed by atoms with Gasteiger partial charge >= 0.3 is 6.18 Å². The lowest BCUT2D eigenvalue weighted by Crippen LogP contribution is -2.27. The van der Waals surface area contributed by atoms with Crippen molar-refractivity contribution in [2.75, 3.05) is 0 Å². The molecule has 0 aliphatic carbocycles. The first-order valence-corrected chi connectivity index (χ1v) is 8.43. The summed E-state index contributed by atoms with van der Waals surface area (Å²) in [4.78, 5) is 9.74. The zero-order chi connectivity index (χ0) is 18.8. The van der Waals surface area contributed by atoms with Crippen molar-refractivity contribution in [3.05, 3.63) is 69.8 Å². The molecule has 134 valence electrons. The Kier molecular flexibility index (Phi) is 5.14. The quantitative estimate of drug-likeness (QED) is 0.639. The maximum Gasteiger partial charge on any atom is 0.416 e. The fourth-order valence-corrected chi connectivity index (χ4v) is 3.31. The van der Waals surface area contributed by atoms with Gasteiger partial charge in [0.05, 0.1) is 15.4 Å². The van der Waals surface area contributed by atoms with Gasteiger partial charge < -0.3 is 0 Å². The van der Waals surface area contributed by atoms with Gasteiger partial charge in [-0.15, -0.1) is 0 Å². The van der Waals surface area contributed by atoms with Crippen molar-refractivity contribution in [1.82, 2.24) is 4.72 Å². The summed E-state index contributed by atoms with van der Waals surface area (Å²) in [6.45, 7) is 1.48. The van der Waals surface area contributed by atoms with Crippen LogP contribution >= 0.6 is 0 Å². The van der Waals surface area contributed by atoms with Crippen molar-refractivity contribution in [2.45, 2.75) is 24.0 Å². The highest BCUT2D eigenvalue weighted by molar-refractivity contribution is 7.89. The Balaban J connectivity index is 2.18. The molecule has 25 heavy (non-hydrogen) atoms. The fourth-order valence-electron chi connectivity index (χ4n) is 2.08. The predicted octanol–water partition coefficient (Wildman–Crippen LogP) is 3.65. The molecule has 0 aliphatic heterocycles. The second-order valence-corrected chi connectivity index (χ2v) is 6.93. The topological polar surface area (TPSA) is 89.3 Å². The predicted molar refractivity (Wildman–Crippen MR) is 83.3 cm³/mol. The third-order valence-electron chi connectivity index (χ3n) is 3.43. The molecule has 0 fully saturated rings. The number of nitrogens with one attached hydrogen (secondary N) is 1. The van der Waals surface area contributed by atoms with Crippen LogP contribution in [0.5, 0.6) is 0 Å². The summed E-state index contributed by atoms with van der Waals surface area (Å²) < 4.78 is 64.5. The average Bonchev–Trinajstić information content (AvgIpc) is 2.54. The number of halogens is 3. The zero-order valence-electron chi connectivity index (χ0n) is 12.8. The van der Waals surface area contributed by atoms with Crippen LogP contribution in [0.4, 0.5) is 18.9 Å². The van der Waals surface area contributed by atoms with Gasteiger partial charge in [-0.1, -0.05) is 12.1 Å². The molecule has 0 aliphatic rings. The van der Waals surface area contributed by atoms with Gasteiger partial charge in [-0.2, -0.15) is 13.2 Å². The second kappa shape index (κ2) is 6.81. The van der Waals surface area contributed by atoms with Crippen molar-refractivity contribution in [3.63, 3.8) is 0 Å². The summed E-state index contributed by atoms with van der Waals surface area (Å²) >= 11 is 0. The Bertz CT molecular complexity index is 863. The summed E-state index contributed by atoms with van der Waals surface area (Å²) in [6.07, 6.45) is -4.47. The Labute approximate surface area is 141 Å². The third kappa shape index (κ3) is 4.54. The standard InChI is InChI=1S/C15H13F3N2O4S/c1-10(11-2-4-12(5-3-11)15(16,17)18)19-25(23,24)14-8-6-13(7-9-14)20(21)22/h2-10,19H,1H3. The molecule has 0 aromatic heterocycles. The summed E-state index contributed by atoms with van der Waals surface area (Å²) in [5, 5.41) is 10.6. The van der Waals surface area contributed by atoms with Crippen LogP contribution < -0.4 is 4.72 Å². The Morgan fingerprint density at radius 1 is 1.04 bits per heavy atom. The van der Waals surface area contributed by atoms with Crippen molar-refractivity contribution in [3.8, 4) is 0 Å². The Hall–Kier alpha value is -2.46. The van der Waals surface area contributed by atoms with Crippen molar-refractivity contribution in [2.24, 2.45) is 0 Å². The number of nitrogens with zero attached hydrogens (tertiary/aromatic N) is 1. The molecule has 10 heteroatoms. The molecule has 0 amide bonds. The van der Waals surface area contributed by atoms with E-state index in [0.29, 0.717) is 5.56 Å². The van der Waals surface area contributed by atoms with E-state index in [2.05, 4.69) is 4.72 Å². The minimum absolute atomic E-state index is 0.183. The first-order chi connectivity index (χ1) is 11.5. The highest BCUT2D eigenvalue weighted by Gasteiger charge is 2.30. The monoisotopic (exact) mass is 374 g/mol. The van der Waals surface area contributed by atoms with E-state index in [4.69, 9.17) is 0 Å². The fraction of sp³-hybridized carbons (Fsp3) is 0.200. The van der Waals surface area contributed by atoms with Crippen LogP contribution in [-0.4, -0.2) is 13.3 Å². The molecular weight excluding hydrogens is 361 g/mol. The molecule has 0 saturated heterocycles. The number of benzene rings is 2. The normalized spacial score (nSPS) is 13.4. The van der Waals surface area contributed by atoms with Crippen molar-refractivity contribution in [1.29, 1.82) is 0 Å². The smallest absolute Gasteiger partial charge is 0.258 e. The van der Waals surface area contributed by atoms with Crippen molar-refractivity contribution < 1.29 is 26.5 Å². The highest BCUT2D eigenvalue weighted by atomic mass is 32.2. The van der Waals surface area contributed by atoms with Crippen LogP contribution in [0, 0.1) is 10.1 Å². The lowest BCUT2D eigenvalue weighted by Gasteiger charge is -2.15. The number of rotatable bonds is 5. The van der Waals surface area contributed by atoms with Crippen LogP contribution in [0.3, 0.4) is 0 Å². The first kappa shape index (κ1) is 18.9. The van der Waals surface area contributed by atoms with E-state index in [1.54, 1.807) is 0 Å². The zero-order valence-corrected chi connectivity index (χ0v) is 13.6. The van der Waals surface area contributed by atoms with Crippen molar-refractivity contribution >= 4 is 15.7 Å². The number of hydrogen-bond donors (Lipinski definition) is 1. The van der Waals surface area contributed by atoms with E-state index >= 15 is 0 Å². The lowest BCUT2D eigenvalue weighted by atomic mass is 10.1. The Morgan fingerprint density at radius 3 is 2.00 bits per heavy atom. The maximum absolute atomic E-state index is 12.5. The molecule has 0 spiro atoms. The van der Waals surface area contributed by atoms with E-state index < -0.39 is 32.7 Å². The number of alkyl halides is 3. The van der Waals surface area contributed by atoms with E-state index in [1.165, 1.54) is 19.1 Å². The van der Waals surface area contributed by atoms with Gasteiger partial charge in [-0.3, -0.25) is 10.1 Å². The molecule has 0 heterocycles. The van der Waals surface area contributed by atoms with Crippen LogP contribution in [0.2, 0.25) is 0 Å². The second-order valence-electron chi connectivity index (χ2n) is 5.21. The van der Waals surface area contributed by atoms with Crippen LogP contribution in [0.25, 0.3) is 0 Å². The molecule has 6 nitrogen and oxygen atoms in total. The molecule has 1 unspecified atom stereocenters. The summed E-state index contributed by atoms with van der Waals surface area (Å²) in [5.41, 5.74) is -0.741. The van der Waals surface area contributed by atoms with Crippen LogP contribution in [-0.2, 0) is 16.2 Å². The number of hydrogen-bond acceptors (Lipinski definition) is 4. The molecule has 2 aromatic rings. The average molecular weight is 374 g/mol. The highest BCUT2D eigenvalue weighted by Crippen LogP contribution is 2.30. The van der Waals surface area contributed by atoms with E-state index in [0.717, 1.165) is 36.4 Å². The number of nitro groups is 1. The molecule has 2 rings (SSSR count). The molecule has 1 N–H and O–H groups in total. The van der Waals surface area contributed by atoms with Crippen LogP contribution in [0.15, 0.2) is 53.4 Å². The SMILES string of the molecule is CC(NS(=O)(=O)c1ccc([N+](=O)[O-])cc1)c1ccc(C(F)(F)F)cc1. The number of non-ortho nitro benzene ring substituents is 1. The number of nitro benzene ring substituents is 1. The molecule has 0 bridgehead atoms. The van der Waals surface area contributed by atoms with Crippen LogP contribution in [0.1, 0.15) is 24.1 Å². The van der Waals surface area contributed by atoms with Gasteiger partial charge in [-0.05, 0) is 36.8 Å². The largest absolute Gasteiger partial charge is 0.416 e. The summed E-state index contributed by atoms with van der Waals surface area (Å²) in [5.74, 6) is 0. The third-order valence-corrected chi connectivity index (χ3v) is 4.98. The first-order valence-electron chi connectivity index (χ1n) is 6.94. The van der Waals surface area contributed by atoms with Gasteiger partial charge in [0.15, 0.2) is 0 Å². The number of sulfonamides is 1. The maximum atomic E-state index is 12.5. The lowest BCUT2D eigenvalue weighted by molar-refractivity contribution is -0.384. The van der Waals surface area contributed by atoms with Gasteiger partial charge in [0, 0.05) is 18.2 Å². The summed E-state index contributed by atoms with van der Waals surface area (Å²) in [6, 6.07) is 7.59.